The van der Waals surface area contributed by atoms with Gasteiger partial charge in [-0.15, -0.1) is 0 Å². The lowest BCUT2D eigenvalue weighted by molar-refractivity contribution is 0.251. The monoisotopic (exact) mass is 470 g/mol. The molecule has 0 spiro atoms. The van der Waals surface area contributed by atoms with Gasteiger partial charge >= 0.3 is 0 Å². The molecule has 4 rings (SSSR count). The SMILES string of the molecule is c1ccc(N(Cc2ccc(CN3CCCCCCCCCCCCC3)cc2)c2ccccn2)nc1. The Bertz CT molecular complexity index is 889. The molecule has 1 aromatic carbocycles. The van der Waals surface area contributed by atoms with Crippen molar-refractivity contribution in [3.05, 3.63) is 84.2 Å². The van der Waals surface area contributed by atoms with Crippen LogP contribution in [-0.2, 0) is 13.1 Å². The minimum atomic E-state index is 0.748. The summed E-state index contributed by atoms with van der Waals surface area (Å²) in [7, 11) is 0. The molecule has 3 heterocycles. The average Bonchev–Trinajstić information content (AvgIpc) is 2.91. The van der Waals surface area contributed by atoms with Gasteiger partial charge in [0.2, 0.25) is 0 Å². The normalized spacial score (nSPS) is 16.9. The van der Waals surface area contributed by atoms with Gasteiger partial charge in [-0.2, -0.15) is 0 Å². The topological polar surface area (TPSA) is 32.3 Å². The molecule has 0 amide bonds. The summed E-state index contributed by atoms with van der Waals surface area (Å²) in [6.07, 6.45) is 19.1. The molecule has 0 aliphatic carbocycles. The standard InChI is InChI=1S/C31H42N4/c1-2-4-6-8-14-24-34(25-15-9-7-5-3-1)26-28-18-20-29(21-19-28)27-35(30-16-10-12-22-32-30)31-17-11-13-23-33-31/h10-13,16-23H,1-9,14-15,24-27H2. The van der Waals surface area contributed by atoms with E-state index >= 15 is 0 Å². The van der Waals surface area contributed by atoms with Crippen molar-refractivity contribution in [1.82, 2.24) is 14.9 Å². The van der Waals surface area contributed by atoms with Crippen molar-refractivity contribution < 1.29 is 0 Å². The van der Waals surface area contributed by atoms with Crippen molar-refractivity contribution in [1.29, 1.82) is 0 Å². The predicted molar refractivity (Wildman–Crippen MR) is 147 cm³/mol. The van der Waals surface area contributed by atoms with Crippen LogP contribution in [-0.4, -0.2) is 28.0 Å². The number of hydrogen-bond acceptors (Lipinski definition) is 4. The number of hydrogen-bond donors (Lipinski definition) is 0. The van der Waals surface area contributed by atoms with Gasteiger partial charge in [-0.3, -0.25) is 4.90 Å². The van der Waals surface area contributed by atoms with E-state index in [-0.39, 0.29) is 0 Å². The van der Waals surface area contributed by atoms with Crippen molar-refractivity contribution in [3.63, 3.8) is 0 Å². The van der Waals surface area contributed by atoms with Crippen molar-refractivity contribution in [2.24, 2.45) is 0 Å². The van der Waals surface area contributed by atoms with E-state index in [9.17, 15) is 0 Å². The molecular weight excluding hydrogens is 428 g/mol. The molecule has 2 aromatic heterocycles. The Labute approximate surface area is 212 Å². The highest BCUT2D eigenvalue weighted by molar-refractivity contribution is 5.55. The van der Waals surface area contributed by atoms with Gasteiger partial charge in [0.1, 0.15) is 11.6 Å². The van der Waals surface area contributed by atoms with Crippen molar-refractivity contribution in [2.75, 3.05) is 18.0 Å². The average molecular weight is 471 g/mol. The fourth-order valence-corrected chi connectivity index (χ4v) is 5.03. The van der Waals surface area contributed by atoms with E-state index in [1.807, 2.05) is 48.8 Å². The number of nitrogens with zero attached hydrogens (tertiary/aromatic N) is 4. The first-order valence-electron chi connectivity index (χ1n) is 13.8. The summed E-state index contributed by atoms with van der Waals surface area (Å²) in [6, 6.07) is 21.2. The molecule has 1 aliphatic heterocycles. The third kappa shape index (κ3) is 8.78. The van der Waals surface area contributed by atoms with Gasteiger partial charge in [-0.1, -0.05) is 94.2 Å². The van der Waals surface area contributed by atoms with Gasteiger partial charge in [0.05, 0.1) is 6.54 Å². The predicted octanol–water partition coefficient (Wildman–Crippen LogP) is 7.92. The number of pyridine rings is 2. The third-order valence-corrected chi connectivity index (χ3v) is 7.07. The molecule has 4 nitrogen and oxygen atoms in total. The molecular formula is C31H42N4. The van der Waals surface area contributed by atoms with Gasteiger partial charge in [-0.05, 0) is 61.3 Å². The van der Waals surface area contributed by atoms with Gasteiger partial charge < -0.3 is 4.90 Å². The Morgan fingerprint density at radius 3 is 1.46 bits per heavy atom. The van der Waals surface area contributed by atoms with Crippen LogP contribution >= 0.6 is 0 Å². The lowest BCUT2D eigenvalue weighted by atomic mass is 10.0. The Morgan fingerprint density at radius 2 is 1.00 bits per heavy atom. The highest BCUT2D eigenvalue weighted by Crippen LogP contribution is 2.24. The smallest absolute Gasteiger partial charge is 0.134 e. The number of aromatic nitrogens is 2. The van der Waals surface area contributed by atoms with Crippen LogP contribution in [0.25, 0.3) is 0 Å². The summed E-state index contributed by atoms with van der Waals surface area (Å²) in [5, 5.41) is 0. The Morgan fingerprint density at radius 1 is 0.543 bits per heavy atom. The van der Waals surface area contributed by atoms with Gasteiger partial charge in [-0.25, -0.2) is 9.97 Å². The number of anilines is 2. The summed E-state index contributed by atoms with van der Waals surface area (Å²) >= 11 is 0. The van der Waals surface area contributed by atoms with E-state index < -0.39 is 0 Å². The quantitative estimate of drug-likeness (QED) is 0.366. The summed E-state index contributed by atoms with van der Waals surface area (Å²) in [6.45, 7) is 4.27. The van der Waals surface area contributed by atoms with Gasteiger partial charge in [0.15, 0.2) is 0 Å². The fourth-order valence-electron chi connectivity index (χ4n) is 5.03. The third-order valence-electron chi connectivity index (χ3n) is 7.07. The van der Waals surface area contributed by atoms with Crippen LogP contribution in [0.15, 0.2) is 73.1 Å². The molecule has 0 saturated carbocycles. The molecule has 35 heavy (non-hydrogen) atoms. The van der Waals surface area contributed by atoms with E-state index in [0.717, 1.165) is 24.7 Å². The Hall–Kier alpha value is -2.72. The Balaban J connectivity index is 1.37. The second-order valence-electron chi connectivity index (χ2n) is 9.94. The van der Waals surface area contributed by atoms with Crippen LogP contribution in [0.3, 0.4) is 0 Å². The lowest BCUT2D eigenvalue weighted by Gasteiger charge is -2.24. The van der Waals surface area contributed by atoms with E-state index in [2.05, 4.69) is 44.0 Å². The van der Waals surface area contributed by atoms with Crippen LogP contribution in [0.1, 0.15) is 81.8 Å². The van der Waals surface area contributed by atoms with Crippen LogP contribution in [0.2, 0.25) is 0 Å². The first-order valence-corrected chi connectivity index (χ1v) is 13.8. The largest absolute Gasteiger partial charge is 0.307 e. The maximum atomic E-state index is 4.58. The molecule has 0 N–H and O–H groups in total. The second-order valence-corrected chi connectivity index (χ2v) is 9.94. The first-order chi connectivity index (χ1) is 17.4. The summed E-state index contributed by atoms with van der Waals surface area (Å²) in [4.78, 5) is 14.0. The molecule has 4 heteroatoms. The molecule has 0 atom stereocenters. The van der Waals surface area contributed by atoms with Crippen LogP contribution in [0, 0.1) is 0 Å². The molecule has 1 fully saturated rings. The summed E-state index contributed by atoms with van der Waals surface area (Å²) in [5.74, 6) is 1.84. The minimum Gasteiger partial charge on any atom is -0.307 e. The van der Waals surface area contributed by atoms with Crippen molar-refractivity contribution in [3.8, 4) is 0 Å². The highest BCUT2D eigenvalue weighted by Gasteiger charge is 2.13. The lowest BCUT2D eigenvalue weighted by Crippen LogP contribution is -2.26. The number of benzene rings is 1. The summed E-state index contributed by atoms with van der Waals surface area (Å²) < 4.78 is 0. The van der Waals surface area contributed by atoms with Crippen LogP contribution in [0.4, 0.5) is 11.6 Å². The van der Waals surface area contributed by atoms with E-state index in [1.54, 1.807) is 0 Å². The zero-order valence-electron chi connectivity index (χ0n) is 21.3. The van der Waals surface area contributed by atoms with Crippen LogP contribution < -0.4 is 4.90 Å². The maximum absolute atomic E-state index is 4.58. The van der Waals surface area contributed by atoms with Crippen LogP contribution in [0.5, 0.6) is 0 Å². The fraction of sp³-hybridized carbons (Fsp3) is 0.484. The van der Waals surface area contributed by atoms with E-state index in [1.165, 1.54) is 94.8 Å². The first kappa shape index (κ1) is 25.4. The zero-order valence-corrected chi connectivity index (χ0v) is 21.3. The maximum Gasteiger partial charge on any atom is 0.134 e. The van der Waals surface area contributed by atoms with Crippen molar-refractivity contribution in [2.45, 2.75) is 83.7 Å². The van der Waals surface area contributed by atoms with Crippen molar-refractivity contribution >= 4 is 11.6 Å². The molecule has 1 aliphatic rings. The zero-order chi connectivity index (χ0) is 24.0. The van der Waals surface area contributed by atoms with E-state index in [0.29, 0.717) is 0 Å². The second kappa shape index (κ2) is 14.6. The van der Waals surface area contributed by atoms with Gasteiger partial charge in [0.25, 0.3) is 0 Å². The molecule has 0 radical (unpaired) electrons. The molecule has 186 valence electrons. The summed E-state index contributed by atoms with van der Waals surface area (Å²) in [5.41, 5.74) is 2.68. The minimum absolute atomic E-state index is 0.748. The molecule has 0 unspecified atom stereocenters. The number of rotatable bonds is 6. The molecule has 0 bridgehead atoms. The van der Waals surface area contributed by atoms with E-state index in [4.69, 9.17) is 0 Å². The highest BCUT2D eigenvalue weighted by atomic mass is 15.2. The molecule has 1 saturated heterocycles. The molecule has 3 aromatic rings. The Kier molecular flexibility index (Phi) is 10.6. The van der Waals surface area contributed by atoms with Gasteiger partial charge in [0, 0.05) is 18.9 Å².